The number of carbonyl (C=O) groups excluding carboxylic acids is 1. The molecule has 1 atom stereocenters. The molecule has 0 saturated carbocycles. The van der Waals surface area contributed by atoms with Crippen LogP contribution in [-0.4, -0.2) is 23.9 Å². The van der Waals surface area contributed by atoms with Gasteiger partial charge < -0.3 is 0 Å². The van der Waals surface area contributed by atoms with E-state index < -0.39 is 0 Å². The van der Waals surface area contributed by atoms with Gasteiger partial charge in [0.1, 0.15) is 0 Å². The molecule has 0 unspecified atom stereocenters. The van der Waals surface area contributed by atoms with Crippen LogP contribution in [0.3, 0.4) is 0 Å². The van der Waals surface area contributed by atoms with Crippen LogP contribution >= 0.6 is 11.3 Å². The van der Waals surface area contributed by atoms with Crippen LogP contribution < -0.4 is 11.3 Å². The molecule has 0 aromatic carbocycles. The number of likely N-dealkylation sites (tertiary alicyclic amines) is 1. The molecule has 4 nitrogen and oxygen atoms in total. The molecule has 1 fully saturated rings. The van der Waals surface area contributed by atoms with Gasteiger partial charge in [0.15, 0.2) is 0 Å². The number of piperidine rings is 1. The highest BCUT2D eigenvalue weighted by atomic mass is 32.1. The number of amides is 1. The summed E-state index contributed by atoms with van der Waals surface area (Å²) < 4.78 is 0. The number of nitrogens with one attached hydrogen (secondary N) is 1. The largest absolute Gasteiger partial charge is 0.298 e. The van der Waals surface area contributed by atoms with Gasteiger partial charge in [-0.25, -0.2) is 5.84 Å². The molecular formula is C11H17N3OS. The summed E-state index contributed by atoms with van der Waals surface area (Å²) >= 11 is 1.71. The van der Waals surface area contributed by atoms with Crippen molar-refractivity contribution in [1.82, 2.24) is 10.3 Å². The molecule has 0 radical (unpaired) electrons. The van der Waals surface area contributed by atoms with Crippen molar-refractivity contribution >= 4 is 17.2 Å². The van der Waals surface area contributed by atoms with Crippen molar-refractivity contribution in [2.75, 3.05) is 13.1 Å². The summed E-state index contributed by atoms with van der Waals surface area (Å²) in [4.78, 5) is 13.8. The molecule has 0 spiro atoms. The smallest absolute Gasteiger partial charge is 0.238 e. The average Bonchev–Trinajstić information content (AvgIpc) is 2.81. The number of rotatable bonds is 3. The molecule has 5 heteroatoms. The summed E-state index contributed by atoms with van der Waals surface area (Å²) in [5.74, 6) is 5.19. The third-order valence-electron chi connectivity index (χ3n) is 3.00. The first-order chi connectivity index (χ1) is 7.79. The molecule has 1 aromatic heterocycles. The molecule has 88 valence electrons. The van der Waals surface area contributed by atoms with Crippen molar-refractivity contribution in [3.63, 3.8) is 0 Å². The van der Waals surface area contributed by atoms with Crippen LogP contribution in [0.4, 0.5) is 0 Å². The zero-order valence-corrected chi connectivity index (χ0v) is 10.0. The molecule has 1 aromatic rings. The van der Waals surface area contributed by atoms with Gasteiger partial charge in [0.05, 0.1) is 5.92 Å². The Balaban J connectivity index is 1.89. The van der Waals surface area contributed by atoms with Gasteiger partial charge in [-0.05, 0) is 41.8 Å². The van der Waals surface area contributed by atoms with Gasteiger partial charge in [0.2, 0.25) is 5.91 Å². The highest BCUT2D eigenvalue weighted by Gasteiger charge is 2.25. The molecule has 1 saturated heterocycles. The molecule has 0 bridgehead atoms. The van der Waals surface area contributed by atoms with E-state index in [1.54, 1.807) is 11.3 Å². The van der Waals surface area contributed by atoms with E-state index in [9.17, 15) is 4.79 Å². The van der Waals surface area contributed by atoms with Crippen LogP contribution in [0.2, 0.25) is 0 Å². The van der Waals surface area contributed by atoms with Gasteiger partial charge in [0.25, 0.3) is 0 Å². The van der Waals surface area contributed by atoms with E-state index in [4.69, 9.17) is 5.84 Å². The topological polar surface area (TPSA) is 58.4 Å². The number of carbonyl (C=O) groups is 1. The van der Waals surface area contributed by atoms with Crippen molar-refractivity contribution in [1.29, 1.82) is 0 Å². The Morgan fingerprint density at radius 1 is 1.69 bits per heavy atom. The minimum Gasteiger partial charge on any atom is -0.298 e. The van der Waals surface area contributed by atoms with Gasteiger partial charge in [-0.1, -0.05) is 0 Å². The van der Waals surface area contributed by atoms with E-state index in [1.807, 2.05) is 0 Å². The third kappa shape index (κ3) is 2.81. The van der Waals surface area contributed by atoms with Crippen molar-refractivity contribution < 1.29 is 4.79 Å². The maximum atomic E-state index is 11.5. The van der Waals surface area contributed by atoms with Crippen molar-refractivity contribution in [2.24, 2.45) is 11.8 Å². The van der Waals surface area contributed by atoms with Gasteiger partial charge in [-0.2, -0.15) is 11.3 Å². The number of hydrogen-bond acceptors (Lipinski definition) is 4. The van der Waals surface area contributed by atoms with Crippen LogP contribution in [0.25, 0.3) is 0 Å². The second kappa shape index (κ2) is 5.43. The molecule has 1 amide bonds. The van der Waals surface area contributed by atoms with Crippen molar-refractivity contribution in [2.45, 2.75) is 19.4 Å². The van der Waals surface area contributed by atoms with Crippen LogP contribution in [-0.2, 0) is 11.3 Å². The number of nitrogens with two attached hydrogens (primary N) is 1. The molecule has 2 heterocycles. The summed E-state index contributed by atoms with van der Waals surface area (Å²) in [6.07, 6.45) is 2.02. The summed E-state index contributed by atoms with van der Waals surface area (Å²) in [6.45, 7) is 2.83. The van der Waals surface area contributed by atoms with Crippen LogP contribution in [0.15, 0.2) is 16.8 Å². The lowest BCUT2D eigenvalue weighted by Crippen LogP contribution is -2.44. The minimum atomic E-state index is -0.0324. The monoisotopic (exact) mass is 239 g/mol. The van der Waals surface area contributed by atoms with Crippen LogP contribution in [0, 0.1) is 5.92 Å². The standard InChI is InChI=1S/C11H17N3OS/c12-13-11(15)10-2-1-4-14(7-10)6-9-3-5-16-8-9/h3,5,8,10H,1-2,4,6-7,12H2,(H,13,15)/t10-/m1/s1. The van der Waals surface area contributed by atoms with E-state index in [0.29, 0.717) is 0 Å². The van der Waals surface area contributed by atoms with Gasteiger partial charge in [-0.3, -0.25) is 15.1 Å². The summed E-state index contributed by atoms with van der Waals surface area (Å²) in [7, 11) is 0. The Morgan fingerprint density at radius 3 is 3.25 bits per heavy atom. The van der Waals surface area contributed by atoms with Crippen LogP contribution in [0.5, 0.6) is 0 Å². The SMILES string of the molecule is NNC(=O)[C@@H]1CCCN(Cc2ccsc2)C1. The Bertz CT molecular complexity index is 339. The molecule has 1 aliphatic heterocycles. The Kier molecular flexibility index (Phi) is 3.93. The third-order valence-corrected chi connectivity index (χ3v) is 3.74. The molecular weight excluding hydrogens is 222 g/mol. The highest BCUT2D eigenvalue weighted by molar-refractivity contribution is 7.07. The summed E-state index contributed by atoms with van der Waals surface area (Å²) in [5.41, 5.74) is 3.58. The van der Waals surface area contributed by atoms with Crippen molar-refractivity contribution in [3.05, 3.63) is 22.4 Å². The van der Waals surface area contributed by atoms with Gasteiger partial charge >= 0.3 is 0 Å². The van der Waals surface area contributed by atoms with E-state index in [0.717, 1.165) is 32.5 Å². The molecule has 16 heavy (non-hydrogen) atoms. The maximum absolute atomic E-state index is 11.5. The van der Waals surface area contributed by atoms with Gasteiger partial charge in [0, 0.05) is 13.1 Å². The lowest BCUT2D eigenvalue weighted by Gasteiger charge is -2.31. The molecule has 0 aliphatic carbocycles. The highest BCUT2D eigenvalue weighted by Crippen LogP contribution is 2.19. The summed E-state index contributed by atoms with van der Waals surface area (Å²) in [5, 5.41) is 4.25. The second-order valence-electron chi connectivity index (χ2n) is 4.21. The fourth-order valence-electron chi connectivity index (χ4n) is 2.17. The maximum Gasteiger partial charge on any atom is 0.238 e. The number of hydrazine groups is 1. The number of hydrogen-bond donors (Lipinski definition) is 2. The Morgan fingerprint density at radius 2 is 2.56 bits per heavy atom. The van der Waals surface area contributed by atoms with E-state index in [2.05, 4.69) is 27.2 Å². The first kappa shape index (κ1) is 11.6. The molecule has 1 aliphatic rings. The second-order valence-corrected chi connectivity index (χ2v) is 4.99. The lowest BCUT2D eigenvalue weighted by atomic mass is 9.97. The number of thiophene rings is 1. The normalized spacial score (nSPS) is 21.9. The van der Waals surface area contributed by atoms with Crippen LogP contribution in [0.1, 0.15) is 18.4 Å². The first-order valence-electron chi connectivity index (χ1n) is 5.53. The Hall–Kier alpha value is -0.910. The van der Waals surface area contributed by atoms with E-state index in [-0.39, 0.29) is 11.8 Å². The minimum absolute atomic E-state index is 0.0324. The quantitative estimate of drug-likeness (QED) is 0.469. The predicted octanol–water partition coefficient (Wildman–Crippen LogP) is 0.950. The predicted molar refractivity (Wildman–Crippen MR) is 64.7 cm³/mol. The molecule has 3 N–H and O–H groups in total. The zero-order chi connectivity index (χ0) is 11.4. The van der Waals surface area contributed by atoms with Crippen molar-refractivity contribution in [3.8, 4) is 0 Å². The average molecular weight is 239 g/mol. The molecule has 2 rings (SSSR count). The van der Waals surface area contributed by atoms with E-state index >= 15 is 0 Å². The Labute approximate surface area is 99.4 Å². The fourth-order valence-corrected chi connectivity index (χ4v) is 2.83. The zero-order valence-electron chi connectivity index (χ0n) is 9.19. The first-order valence-corrected chi connectivity index (χ1v) is 6.48. The van der Waals surface area contributed by atoms with Gasteiger partial charge in [-0.15, -0.1) is 0 Å². The lowest BCUT2D eigenvalue weighted by molar-refractivity contribution is -0.126. The van der Waals surface area contributed by atoms with E-state index in [1.165, 1.54) is 5.56 Å². The number of nitrogens with zero attached hydrogens (tertiary/aromatic N) is 1. The summed E-state index contributed by atoms with van der Waals surface area (Å²) in [6, 6.07) is 2.14. The fraction of sp³-hybridized carbons (Fsp3) is 0.545.